The Kier molecular flexibility index (Phi) is 4.95. The van der Waals surface area contributed by atoms with Gasteiger partial charge in [0, 0.05) is 45.5 Å². The predicted molar refractivity (Wildman–Crippen MR) is 81.4 cm³/mol. The second-order valence-electron chi connectivity index (χ2n) is 5.03. The average Bonchev–Trinajstić information content (AvgIpc) is 2.40. The molecule has 6 nitrogen and oxygen atoms in total. The molecule has 0 unspecified atom stereocenters. The third kappa shape index (κ3) is 4.02. The van der Waals surface area contributed by atoms with Gasteiger partial charge in [0.15, 0.2) is 0 Å². The van der Waals surface area contributed by atoms with E-state index in [9.17, 15) is 0 Å². The van der Waals surface area contributed by atoms with Gasteiger partial charge in [-0.2, -0.15) is 4.98 Å². The van der Waals surface area contributed by atoms with E-state index in [1.54, 1.807) is 6.20 Å². The highest BCUT2D eigenvalue weighted by atomic mass is 79.9. The van der Waals surface area contributed by atoms with Crippen LogP contribution in [0.3, 0.4) is 0 Å². The number of aromatic nitrogens is 2. The fraction of sp³-hybridized carbons (Fsp3) is 0.667. The average molecular weight is 329 g/mol. The van der Waals surface area contributed by atoms with Crippen LogP contribution in [0.1, 0.15) is 0 Å². The van der Waals surface area contributed by atoms with Crippen molar-refractivity contribution in [1.29, 1.82) is 0 Å². The molecule has 1 fully saturated rings. The van der Waals surface area contributed by atoms with Crippen LogP contribution in [0.25, 0.3) is 0 Å². The van der Waals surface area contributed by atoms with E-state index in [4.69, 9.17) is 5.73 Å². The summed E-state index contributed by atoms with van der Waals surface area (Å²) in [5, 5.41) is 0. The molecule has 0 saturated carbocycles. The number of nitrogens with two attached hydrogens (primary N) is 1. The molecule has 0 aromatic carbocycles. The van der Waals surface area contributed by atoms with Gasteiger partial charge in [0.2, 0.25) is 5.95 Å². The Bertz CT molecular complexity index is 417. The second kappa shape index (κ2) is 6.49. The van der Waals surface area contributed by atoms with Crippen LogP contribution in [-0.4, -0.2) is 73.1 Å². The van der Waals surface area contributed by atoms with Crippen LogP contribution in [0.4, 0.5) is 11.8 Å². The maximum atomic E-state index is 5.66. The van der Waals surface area contributed by atoms with E-state index < -0.39 is 0 Å². The van der Waals surface area contributed by atoms with Crippen molar-refractivity contribution in [2.45, 2.75) is 0 Å². The van der Waals surface area contributed by atoms with Crippen molar-refractivity contribution in [2.75, 3.05) is 64.0 Å². The van der Waals surface area contributed by atoms with Gasteiger partial charge >= 0.3 is 0 Å². The zero-order valence-electron chi connectivity index (χ0n) is 11.5. The first-order valence-corrected chi connectivity index (χ1v) is 7.25. The van der Waals surface area contributed by atoms with E-state index in [1.165, 1.54) is 0 Å². The predicted octanol–water partition coefficient (Wildman–Crippen LogP) is 0.505. The molecule has 1 aliphatic rings. The Labute approximate surface area is 122 Å². The molecule has 2 rings (SSSR count). The first-order chi connectivity index (χ1) is 9.06. The summed E-state index contributed by atoms with van der Waals surface area (Å²) in [7, 11) is 4.22. The standard InChI is InChI=1S/C12H21BrN6/c1-17(2)3-4-18-5-7-19(8-6-18)11-10(13)9-15-12(14)16-11/h9H,3-8H2,1-2H3,(H2,14,15,16). The summed E-state index contributed by atoms with van der Waals surface area (Å²) in [4.78, 5) is 15.2. The minimum absolute atomic E-state index is 0.327. The zero-order chi connectivity index (χ0) is 13.8. The van der Waals surface area contributed by atoms with Gasteiger partial charge < -0.3 is 15.5 Å². The molecule has 19 heavy (non-hydrogen) atoms. The van der Waals surface area contributed by atoms with Crippen molar-refractivity contribution in [3.8, 4) is 0 Å². The molecule has 0 aliphatic carbocycles. The molecule has 106 valence electrons. The third-order valence-electron chi connectivity index (χ3n) is 3.28. The highest BCUT2D eigenvalue weighted by Crippen LogP contribution is 2.24. The lowest BCUT2D eigenvalue weighted by molar-refractivity contribution is 0.229. The molecule has 1 aromatic rings. The Morgan fingerprint density at radius 1 is 1.32 bits per heavy atom. The van der Waals surface area contributed by atoms with Gasteiger partial charge in [-0.05, 0) is 30.0 Å². The number of halogens is 1. The molecule has 2 heterocycles. The number of piperazine rings is 1. The molecule has 1 aliphatic heterocycles. The van der Waals surface area contributed by atoms with Crippen LogP contribution in [0.2, 0.25) is 0 Å². The number of rotatable bonds is 4. The van der Waals surface area contributed by atoms with Gasteiger partial charge in [-0.25, -0.2) is 4.98 Å². The van der Waals surface area contributed by atoms with Crippen molar-refractivity contribution in [2.24, 2.45) is 0 Å². The van der Waals surface area contributed by atoms with Gasteiger partial charge in [-0.3, -0.25) is 4.90 Å². The molecule has 7 heteroatoms. The Balaban J connectivity index is 1.90. The quantitative estimate of drug-likeness (QED) is 0.868. The maximum absolute atomic E-state index is 5.66. The van der Waals surface area contributed by atoms with Gasteiger partial charge in [0.1, 0.15) is 5.82 Å². The number of anilines is 2. The van der Waals surface area contributed by atoms with E-state index in [1.807, 2.05) is 0 Å². The molecule has 1 saturated heterocycles. The fourth-order valence-electron chi connectivity index (χ4n) is 2.12. The Hall–Kier alpha value is -0.920. The lowest BCUT2D eigenvalue weighted by Crippen LogP contribution is -2.48. The van der Waals surface area contributed by atoms with Gasteiger partial charge in [0.05, 0.1) is 4.47 Å². The summed E-state index contributed by atoms with van der Waals surface area (Å²) < 4.78 is 0.906. The number of hydrogen-bond donors (Lipinski definition) is 1. The number of hydrogen-bond acceptors (Lipinski definition) is 6. The summed E-state index contributed by atoms with van der Waals surface area (Å²) in [5.41, 5.74) is 5.66. The fourth-order valence-corrected chi connectivity index (χ4v) is 2.56. The topological polar surface area (TPSA) is 61.5 Å². The van der Waals surface area contributed by atoms with Crippen molar-refractivity contribution < 1.29 is 0 Å². The molecular weight excluding hydrogens is 308 g/mol. The SMILES string of the molecule is CN(C)CCN1CCN(c2nc(N)ncc2Br)CC1. The van der Waals surface area contributed by atoms with Crippen LogP contribution >= 0.6 is 15.9 Å². The van der Waals surface area contributed by atoms with Crippen LogP contribution < -0.4 is 10.6 Å². The lowest BCUT2D eigenvalue weighted by atomic mass is 10.3. The monoisotopic (exact) mass is 328 g/mol. The van der Waals surface area contributed by atoms with Crippen LogP contribution in [-0.2, 0) is 0 Å². The van der Waals surface area contributed by atoms with Crippen molar-refractivity contribution in [1.82, 2.24) is 19.8 Å². The summed E-state index contributed by atoms with van der Waals surface area (Å²) in [6.07, 6.45) is 1.72. The second-order valence-corrected chi connectivity index (χ2v) is 5.89. The summed E-state index contributed by atoms with van der Waals surface area (Å²) in [5.74, 6) is 1.23. The van der Waals surface area contributed by atoms with E-state index in [0.29, 0.717) is 5.95 Å². The number of nitrogen functional groups attached to an aromatic ring is 1. The normalized spacial score (nSPS) is 17.2. The molecule has 2 N–H and O–H groups in total. The van der Waals surface area contributed by atoms with E-state index in [2.05, 4.69) is 54.7 Å². The molecule has 0 atom stereocenters. The van der Waals surface area contributed by atoms with E-state index >= 15 is 0 Å². The largest absolute Gasteiger partial charge is 0.368 e. The lowest BCUT2D eigenvalue weighted by Gasteiger charge is -2.36. The molecule has 0 spiro atoms. The minimum atomic E-state index is 0.327. The Morgan fingerprint density at radius 3 is 2.63 bits per heavy atom. The van der Waals surface area contributed by atoms with Crippen molar-refractivity contribution in [3.63, 3.8) is 0 Å². The molecular formula is C12H21BrN6. The van der Waals surface area contributed by atoms with Gasteiger partial charge in [-0.15, -0.1) is 0 Å². The zero-order valence-corrected chi connectivity index (χ0v) is 13.1. The molecule has 0 amide bonds. The van der Waals surface area contributed by atoms with Crippen molar-refractivity contribution >= 4 is 27.7 Å². The van der Waals surface area contributed by atoms with Crippen molar-refractivity contribution in [3.05, 3.63) is 10.7 Å². The van der Waals surface area contributed by atoms with E-state index in [0.717, 1.165) is 49.6 Å². The number of nitrogens with zero attached hydrogens (tertiary/aromatic N) is 5. The summed E-state index contributed by atoms with van der Waals surface area (Å²) >= 11 is 3.49. The van der Waals surface area contributed by atoms with Crippen LogP contribution in [0.5, 0.6) is 0 Å². The first-order valence-electron chi connectivity index (χ1n) is 6.46. The molecule has 0 radical (unpaired) electrons. The minimum Gasteiger partial charge on any atom is -0.368 e. The summed E-state index contributed by atoms with van der Waals surface area (Å²) in [6, 6.07) is 0. The summed E-state index contributed by atoms with van der Waals surface area (Å²) in [6.45, 7) is 6.29. The van der Waals surface area contributed by atoms with Crippen LogP contribution in [0, 0.1) is 0 Å². The highest BCUT2D eigenvalue weighted by Gasteiger charge is 2.20. The third-order valence-corrected chi connectivity index (χ3v) is 3.84. The van der Waals surface area contributed by atoms with Gasteiger partial charge in [-0.1, -0.05) is 0 Å². The Morgan fingerprint density at radius 2 is 2.00 bits per heavy atom. The van der Waals surface area contributed by atoms with Gasteiger partial charge in [0.25, 0.3) is 0 Å². The van der Waals surface area contributed by atoms with E-state index in [-0.39, 0.29) is 0 Å². The number of likely N-dealkylation sites (N-methyl/N-ethyl adjacent to an activating group) is 1. The van der Waals surface area contributed by atoms with Crippen LogP contribution in [0.15, 0.2) is 10.7 Å². The smallest absolute Gasteiger partial charge is 0.222 e. The first kappa shape index (κ1) is 14.5. The molecule has 1 aromatic heterocycles. The maximum Gasteiger partial charge on any atom is 0.222 e. The highest BCUT2D eigenvalue weighted by molar-refractivity contribution is 9.10. The molecule has 0 bridgehead atoms.